The van der Waals surface area contributed by atoms with Crippen LogP contribution in [-0.2, 0) is 4.74 Å². The zero-order valence-electron chi connectivity index (χ0n) is 16.9. The summed E-state index contributed by atoms with van der Waals surface area (Å²) in [5, 5.41) is 0. The van der Waals surface area contributed by atoms with E-state index in [-0.39, 0.29) is 5.60 Å². The summed E-state index contributed by atoms with van der Waals surface area (Å²) < 4.78 is 11.2. The minimum absolute atomic E-state index is 0.0454. The largest absolute Gasteiger partial charge is 0.497 e. The summed E-state index contributed by atoms with van der Waals surface area (Å²) in [7, 11) is 7.88. The molecule has 1 aromatic rings. The zero-order chi connectivity index (χ0) is 18.6. The molecule has 26 heavy (non-hydrogen) atoms. The molecule has 0 aliphatic carbocycles. The number of anilines is 1. The van der Waals surface area contributed by atoms with Crippen LogP contribution < -0.4 is 9.64 Å². The van der Waals surface area contributed by atoms with Gasteiger partial charge in [-0.15, -0.1) is 0 Å². The van der Waals surface area contributed by atoms with Crippen LogP contribution in [0.3, 0.4) is 0 Å². The lowest BCUT2D eigenvalue weighted by Crippen LogP contribution is -2.54. The summed E-state index contributed by atoms with van der Waals surface area (Å²) in [4.78, 5) is 7.47. The molecule has 0 spiro atoms. The van der Waals surface area contributed by atoms with Crippen LogP contribution in [0.1, 0.15) is 25.7 Å². The van der Waals surface area contributed by atoms with Crippen molar-refractivity contribution in [2.75, 3.05) is 65.9 Å². The smallest absolute Gasteiger partial charge is 0.119 e. The number of likely N-dealkylation sites (N-methyl/N-ethyl adjacent to an activating group) is 1. The predicted octanol–water partition coefficient (Wildman–Crippen LogP) is 2.71. The summed E-state index contributed by atoms with van der Waals surface area (Å²) in [5.41, 5.74) is 1.36. The van der Waals surface area contributed by atoms with Crippen LogP contribution in [0.4, 0.5) is 5.69 Å². The number of likely N-dealkylation sites (tertiary alicyclic amines) is 1. The van der Waals surface area contributed by atoms with Gasteiger partial charge in [-0.2, -0.15) is 0 Å². The molecule has 146 valence electrons. The molecule has 0 bridgehead atoms. The highest BCUT2D eigenvalue weighted by Crippen LogP contribution is 2.31. The highest BCUT2D eigenvalue weighted by Gasteiger charge is 2.37. The molecular weight excluding hydrogens is 326 g/mol. The van der Waals surface area contributed by atoms with E-state index in [9.17, 15) is 0 Å². The number of benzene rings is 1. The average Bonchev–Trinajstić information content (AvgIpc) is 2.68. The van der Waals surface area contributed by atoms with Gasteiger partial charge in [0.2, 0.25) is 0 Å². The normalized spacial score (nSPS) is 22.0. The molecule has 2 aliphatic rings. The van der Waals surface area contributed by atoms with Gasteiger partial charge in [0.25, 0.3) is 0 Å². The molecule has 5 nitrogen and oxygen atoms in total. The number of nitrogens with zero attached hydrogens (tertiary/aromatic N) is 3. The first kappa shape index (κ1) is 19.5. The van der Waals surface area contributed by atoms with E-state index in [4.69, 9.17) is 9.47 Å². The van der Waals surface area contributed by atoms with Gasteiger partial charge in [-0.3, -0.25) is 0 Å². The Hall–Kier alpha value is -1.30. The van der Waals surface area contributed by atoms with E-state index in [1.54, 1.807) is 7.11 Å². The fraction of sp³-hybridized carbons (Fsp3) is 0.714. The molecule has 2 heterocycles. The van der Waals surface area contributed by atoms with Crippen LogP contribution in [0.2, 0.25) is 0 Å². The van der Waals surface area contributed by atoms with Crippen LogP contribution in [0.15, 0.2) is 24.3 Å². The van der Waals surface area contributed by atoms with Gasteiger partial charge in [0.15, 0.2) is 0 Å². The van der Waals surface area contributed by atoms with Gasteiger partial charge in [0.1, 0.15) is 5.75 Å². The van der Waals surface area contributed by atoms with Crippen molar-refractivity contribution in [3.05, 3.63) is 24.3 Å². The Balaban J connectivity index is 1.49. The molecule has 1 aromatic carbocycles. The Bertz CT molecular complexity index is 545. The van der Waals surface area contributed by atoms with Crippen molar-refractivity contribution < 1.29 is 9.47 Å². The van der Waals surface area contributed by atoms with Crippen molar-refractivity contribution in [3.63, 3.8) is 0 Å². The molecule has 0 N–H and O–H groups in total. The Kier molecular flexibility index (Phi) is 6.43. The van der Waals surface area contributed by atoms with Crippen molar-refractivity contribution >= 4 is 5.69 Å². The van der Waals surface area contributed by atoms with Gasteiger partial charge in [0.05, 0.1) is 12.7 Å². The fourth-order valence-electron chi connectivity index (χ4n) is 4.58. The molecule has 2 saturated heterocycles. The topological polar surface area (TPSA) is 28.2 Å². The second-order valence-corrected chi connectivity index (χ2v) is 8.08. The lowest BCUT2D eigenvalue weighted by molar-refractivity contribution is -0.0772. The molecule has 0 unspecified atom stereocenters. The first-order valence-electron chi connectivity index (χ1n) is 9.88. The van der Waals surface area contributed by atoms with Crippen molar-refractivity contribution in [3.8, 4) is 5.75 Å². The third kappa shape index (κ3) is 4.51. The molecule has 0 amide bonds. The maximum Gasteiger partial charge on any atom is 0.119 e. The van der Waals surface area contributed by atoms with E-state index >= 15 is 0 Å². The number of ether oxygens (including phenoxy) is 2. The van der Waals surface area contributed by atoms with Crippen LogP contribution in [-0.4, -0.2) is 82.5 Å². The molecule has 0 radical (unpaired) electrons. The molecule has 0 atom stereocenters. The van der Waals surface area contributed by atoms with Crippen molar-refractivity contribution in [1.82, 2.24) is 9.80 Å². The van der Waals surface area contributed by atoms with E-state index in [1.165, 1.54) is 18.5 Å². The van der Waals surface area contributed by atoms with Crippen LogP contribution >= 0.6 is 0 Å². The molecule has 0 saturated carbocycles. The summed E-state index contributed by atoms with van der Waals surface area (Å²) in [6, 6.07) is 9.18. The summed E-state index contributed by atoms with van der Waals surface area (Å²) in [5.74, 6) is 0.927. The Morgan fingerprint density at radius 3 is 2.12 bits per heavy atom. The lowest BCUT2D eigenvalue weighted by atomic mass is 9.88. The number of piperidine rings is 2. The zero-order valence-corrected chi connectivity index (χ0v) is 16.9. The van der Waals surface area contributed by atoms with Gasteiger partial charge >= 0.3 is 0 Å². The SMILES string of the molecule is COc1ccc(N2CCC(N3CCC(CN(C)C)(OC)CC3)CC2)cc1. The number of methoxy groups -OCH3 is 2. The second-order valence-electron chi connectivity index (χ2n) is 8.08. The second kappa shape index (κ2) is 8.59. The van der Waals surface area contributed by atoms with Gasteiger partial charge in [-0.05, 0) is 64.0 Å². The monoisotopic (exact) mass is 361 g/mol. The maximum atomic E-state index is 5.93. The highest BCUT2D eigenvalue weighted by molar-refractivity contribution is 5.49. The summed E-state index contributed by atoms with van der Waals surface area (Å²) in [6.07, 6.45) is 4.78. The van der Waals surface area contributed by atoms with E-state index < -0.39 is 0 Å². The predicted molar refractivity (Wildman–Crippen MR) is 107 cm³/mol. The van der Waals surface area contributed by atoms with Crippen molar-refractivity contribution in [1.29, 1.82) is 0 Å². The van der Waals surface area contributed by atoms with Crippen LogP contribution in [0.25, 0.3) is 0 Å². The molecule has 2 aliphatic heterocycles. The number of rotatable bonds is 6. The first-order chi connectivity index (χ1) is 12.5. The minimum atomic E-state index is 0.0454. The van der Waals surface area contributed by atoms with Crippen LogP contribution in [0, 0.1) is 0 Å². The van der Waals surface area contributed by atoms with Gasteiger partial charge in [-0.1, -0.05) is 0 Å². The Morgan fingerprint density at radius 1 is 1.00 bits per heavy atom. The summed E-state index contributed by atoms with van der Waals surface area (Å²) in [6.45, 7) is 5.62. The first-order valence-corrected chi connectivity index (χ1v) is 9.88. The minimum Gasteiger partial charge on any atom is -0.497 e. The molecule has 0 aromatic heterocycles. The quantitative estimate of drug-likeness (QED) is 0.777. The highest BCUT2D eigenvalue weighted by atomic mass is 16.5. The third-order valence-electron chi connectivity index (χ3n) is 6.17. The standard InChI is InChI=1S/C21H35N3O2/c1-22(2)17-21(26-4)11-15-24(16-12-21)19-9-13-23(14-10-19)18-5-7-20(25-3)8-6-18/h5-8,19H,9-17H2,1-4H3. The molecule has 5 heteroatoms. The third-order valence-corrected chi connectivity index (χ3v) is 6.17. The van der Waals surface area contributed by atoms with E-state index in [0.717, 1.165) is 57.4 Å². The van der Waals surface area contributed by atoms with Crippen LogP contribution in [0.5, 0.6) is 5.75 Å². The average molecular weight is 362 g/mol. The molecular formula is C21H35N3O2. The Labute approximate surface area is 158 Å². The van der Waals surface area contributed by atoms with E-state index in [2.05, 4.69) is 53.1 Å². The fourth-order valence-corrected chi connectivity index (χ4v) is 4.58. The van der Waals surface area contributed by atoms with Gasteiger partial charge < -0.3 is 24.2 Å². The Morgan fingerprint density at radius 2 is 1.62 bits per heavy atom. The van der Waals surface area contributed by atoms with Crippen molar-refractivity contribution in [2.45, 2.75) is 37.3 Å². The molecule has 3 rings (SSSR count). The van der Waals surface area contributed by atoms with Crippen molar-refractivity contribution in [2.24, 2.45) is 0 Å². The lowest BCUT2D eigenvalue weighted by Gasteiger charge is -2.46. The number of hydrogen-bond acceptors (Lipinski definition) is 5. The maximum absolute atomic E-state index is 5.93. The van der Waals surface area contributed by atoms with Gasteiger partial charge in [0, 0.05) is 51.6 Å². The van der Waals surface area contributed by atoms with E-state index in [1.807, 2.05) is 7.11 Å². The van der Waals surface area contributed by atoms with Gasteiger partial charge in [-0.25, -0.2) is 0 Å². The van der Waals surface area contributed by atoms with E-state index in [0.29, 0.717) is 0 Å². The number of hydrogen-bond donors (Lipinski definition) is 0. The molecule has 2 fully saturated rings. The summed E-state index contributed by atoms with van der Waals surface area (Å²) >= 11 is 0.